The van der Waals surface area contributed by atoms with Crippen molar-refractivity contribution in [2.45, 2.75) is 6.17 Å². The molecular weight excluding hydrogens is 220 g/mol. The first kappa shape index (κ1) is 11.1. The van der Waals surface area contributed by atoms with Gasteiger partial charge in [-0.25, -0.2) is 0 Å². The van der Waals surface area contributed by atoms with E-state index in [9.17, 15) is 0 Å². The molecule has 2 nitrogen and oxygen atoms in total. The van der Waals surface area contributed by atoms with Crippen LogP contribution in [0, 0.1) is 0 Å². The summed E-state index contributed by atoms with van der Waals surface area (Å²) in [7, 11) is 0. The van der Waals surface area contributed by atoms with Crippen molar-refractivity contribution >= 4 is 5.69 Å². The summed E-state index contributed by atoms with van der Waals surface area (Å²) >= 11 is 0. The van der Waals surface area contributed by atoms with Gasteiger partial charge >= 0.3 is 0 Å². The third-order valence-electron chi connectivity index (χ3n) is 3.14. The average molecular weight is 236 g/mol. The standard InChI is InChI=1S/C16H16N2/c1-3-8-14(9-4-1)16-17-12-7-13-18(16)15-10-5-2-6-11-15/h1-11,13,16-17H,12H2. The van der Waals surface area contributed by atoms with Crippen LogP contribution in [0.1, 0.15) is 11.7 Å². The Bertz CT molecular complexity index is 519. The van der Waals surface area contributed by atoms with E-state index in [4.69, 9.17) is 0 Å². The van der Waals surface area contributed by atoms with Gasteiger partial charge in [0, 0.05) is 18.4 Å². The van der Waals surface area contributed by atoms with Crippen LogP contribution in [0.5, 0.6) is 0 Å². The van der Waals surface area contributed by atoms with Crippen LogP contribution in [-0.2, 0) is 0 Å². The van der Waals surface area contributed by atoms with Crippen molar-refractivity contribution in [2.24, 2.45) is 0 Å². The van der Waals surface area contributed by atoms with Gasteiger partial charge in [-0.1, -0.05) is 54.6 Å². The molecule has 2 aromatic rings. The molecular formula is C16H16N2. The zero-order valence-electron chi connectivity index (χ0n) is 10.2. The lowest BCUT2D eigenvalue weighted by Crippen LogP contribution is -2.38. The summed E-state index contributed by atoms with van der Waals surface area (Å²) in [5, 5.41) is 3.52. The first-order valence-corrected chi connectivity index (χ1v) is 6.23. The predicted octanol–water partition coefficient (Wildman–Crippen LogP) is 3.31. The van der Waals surface area contributed by atoms with Crippen molar-refractivity contribution in [3.8, 4) is 0 Å². The number of rotatable bonds is 2. The minimum Gasteiger partial charge on any atom is -0.328 e. The molecule has 0 aromatic heterocycles. The molecule has 0 saturated heterocycles. The Labute approximate surface area is 108 Å². The zero-order chi connectivity index (χ0) is 12.2. The van der Waals surface area contributed by atoms with Gasteiger partial charge in [0.25, 0.3) is 0 Å². The van der Waals surface area contributed by atoms with E-state index >= 15 is 0 Å². The fourth-order valence-corrected chi connectivity index (χ4v) is 2.28. The molecule has 0 amide bonds. The quantitative estimate of drug-likeness (QED) is 0.860. The molecule has 90 valence electrons. The lowest BCUT2D eigenvalue weighted by Gasteiger charge is -2.34. The Morgan fingerprint density at radius 1 is 0.889 bits per heavy atom. The summed E-state index contributed by atoms with van der Waals surface area (Å²) < 4.78 is 0. The van der Waals surface area contributed by atoms with Crippen molar-refractivity contribution in [3.63, 3.8) is 0 Å². The number of benzene rings is 2. The van der Waals surface area contributed by atoms with Crippen LogP contribution in [0.2, 0.25) is 0 Å². The summed E-state index contributed by atoms with van der Waals surface area (Å²) in [4.78, 5) is 2.26. The molecule has 1 aliphatic heterocycles. The fraction of sp³-hybridized carbons (Fsp3) is 0.125. The Kier molecular flexibility index (Phi) is 3.11. The molecule has 2 heteroatoms. The average Bonchev–Trinajstić information content (AvgIpc) is 2.49. The fourth-order valence-electron chi connectivity index (χ4n) is 2.28. The normalized spacial score (nSPS) is 18.9. The van der Waals surface area contributed by atoms with Crippen LogP contribution in [0.25, 0.3) is 0 Å². The minimum absolute atomic E-state index is 0.207. The Morgan fingerprint density at radius 2 is 1.56 bits per heavy atom. The first-order valence-electron chi connectivity index (χ1n) is 6.23. The van der Waals surface area contributed by atoms with Gasteiger partial charge in [-0.3, -0.25) is 5.32 Å². The summed E-state index contributed by atoms with van der Waals surface area (Å²) in [6.45, 7) is 0.906. The maximum atomic E-state index is 3.52. The highest BCUT2D eigenvalue weighted by molar-refractivity contribution is 5.52. The van der Waals surface area contributed by atoms with Gasteiger partial charge in [-0.05, 0) is 17.7 Å². The van der Waals surface area contributed by atoms with Crippen LogP contribution >= 0.6 is 0 Å². The van der Waals surface area contributed by atoms with Crippen LogP contribution in [0.3, 0.4) is 0 Å². The van der Waals surface area contributed by atoms with Crippen LogP contribution in [-0.4, -0.2) is 6.54 Å². The number of hydrogen-bond donors (Lipinski definition) is 1. The maximum absolute atomic E-state index is 3.52. The van der Waals surface area contributed by atoms with Gasteiger partial charge in [-0.15, -0.1) is 0 Å². The third-order valence-corrected chi connectivity index (χ3v) is 3.14. The number of para-hydroxylation sites is 1. The maximum Gasteiger partial charge on any atom is 0.110 e. The van der Waals surface area contributed by atoms with Crippen LogP contribution < -0.4 is 10.2 Å². The molecule has 1 atom stereocenters. The molecule has 1 aliphatic rings. The summed E-state index contributed by atoms with van der Waals surface area (Å²) in [6.07, 6.45) is 4.51. The van der Waals surface area contributed by atoms with Crippen molar-refractivity contribution in [2.75, 3.05) is 11.4 Å². The monoisotopic (exact) mass is 236 g/mol. The van der Waals surface area contributed by atoms with E-state index in [-0.39, 0.29) is 6.17 Å². The SMILES string of the molecule is C1=CN(c2ccccc2)C(c2ccccc2)NC1. The van der Waals surface area contributed by atoms with Gasteiger partial charge in [0.2, 0.25) is 0 Å². The van der Waals surface area contributed by atoms with Crippen molar-refractivity contribution in [1.82, 2.24) is 5.32 Å². The summed E-state index contributed by atoms with van der Waals surface area (Å²) in [5.41, 5.74) is 2.49. The van der Waals surface area contributed by atoms with Crippen molar-refractivity contribution in [3.05, 3.63) is 78.5 Å². The summed E-state index contributed by atoms with van der Waals surface area (Å²) in [5.74, 6) is 0. The molecule has 0 spiro atoms. The third kappa shape index (κ3) is 2.15. The topological polar surface area (TPSA) is 15.3 Å². The largest absolute Gasteiger partial charge is 0.328 e. The number of anilines is 1. The number of hydrogen-bond acceptors (Lipinski definition) is 2. The predicted molar refractivity (Wildman–Crippen MR) is 75.2 cm³/mol. The highest BCUT2D eigenvalue weighted by Gasteiger charge is 2.20. The second kappa shape index (κ2) is 5.07. The van der Waals surface area contributed by atoms with E-state index in [1.165, 1.54) is 11.3 Å². The first-order chi connectivity index (χ1) is 8.95. The summed E-state index contributed by atoms with van der Waals surface area (Å²) in [6, 6.07) is 21.0. The van der Waals surface area contributed by atoms with E-state index in [2.05, 4.69) is 77.1 Å². The molecule has 0 saturated carbocycles. The minimum atomic E-state index is 0.207. The number of nitrogens with one attached hydrogen (secondary N) is 1. The molecule has 0 fully saturated rings. The molecule has 18 heavy (non-hydrogen) atoms. The lowest BCUT2D eigenvalue weighted by atomic mass is 10.1. The Morgan fingerprint density at radius 3 is 2.28 bits per heavy atom. The van der Waals surface area contributed by atoms with E-state index in [1.54, 1.807) is 0 Å². The second-order valence-electron chi connectivity index (χ2n) is 4.35. The van der Waals surface area contributed by atoms with Gasteiger partial charge in [0.05, 0.1) is 0 Å². The van der Waals surface area contributed by atoms with Gasteiger partial charge in [0.1, 0.15) is 6.17 Å². The van der Waals surface area contributed by atoms with Gasteiger partial charge < -0.3 is 4.90 Å². The molecule has 1 heterocycles. The zero-order valence-corrected chi connectivity index (χ0v) is 10.2. The molecule has 0 radical (unpaired) electrons. The Hall–Kier alpha value is -2.06. The molecule has 3 rings (SSSR count). The molecule has 1 N–H and O–H groups in total. The van der Waals surface area contributed by atoms with Gasteiger partial charge in [-0.2, -0.15) is 0 Å². The molecule has 0 aliphatic carbocycles. The van der Waals surface area contributed by atoms with E-state index in [0.29, 0.717) is 0 Å². The van der Waals surface area contributed by atoms with E-state index in [1.807, 2.05) is 6.07 Å². The van der Waals surface area contributed by atoms with E-state index < -0.39 is 0 Å². The van der Waals surface area contributed by atoms with Crippen molar-refractivity contribution < 1.29 is 0 Å². The lowest BCUT2D eigenvalue weighted by molar-refractivity contribution is 0.552. The molecule has 0 bridgehead atoms. The highest BCUT2D eigenvalue weighted by Crippen LogP contribution is 2.27. The van der Waals surface area contributed by atoms with Crippen LogP contribution in [0.15, 0.2) is 72.9 Å². The van der Waals surface area contributed by atoms with Crippen LogP contribution in [0.4, 0.5) is 5.69 Å². The molecule has 1 unspecified atom stereocenters. The highest BCUT2D eigenvalue weighted by atomic mass is 15.3. The second-order valence-corrected chi connectivity index (χ2v) is 4.35. The van der Waals surface area contributed by atoms with Crippen molar-refractivity contribution in [1.29, 1.82) is 0 Å². The molecule has 2 aromatic carbocycles. The number of nitrogens with zero attached hydrogens (tertiary/aromatic N) is 1. The van der Waals surface area contributed by atoms with E-state index in [0.717, 1.165) is 6.54 Å². The Balaban J connectivity index is 1.96. The smallest absolute Gasteiger partial charge is 0.110 e. The van der Waals surface area contributed by atoms with Gasteiger partial charge in [0.15, 0.2) is 0 Å².